The van der Waals surface area contributed by atoms with Crippen LogP contribution in [-0.4, -0.2) is 64.2 Å². The number of phenolic OH excluding ortho intramolecular Hbond substituents is 1. The molecule has 0 aliphatic carbocycles. The molecule has 1 saturated heterocycles. The third kappa shape index (κ3) is 3.19. The van der Waals surface area contributed by atoms with Crippen LogP contribution >= 0.6 is 0 Å². The number of aromatic nitrogens is 1. The Balaban J connectivity index is 1.88. The molecule has 1 aliphatic heterocycles. The summed E-state index contributed by atoms with van der Waals surface area (Å²) in [5, 5.41) is 21.9. The van der Waals surface area contributed by atoms with Gasteiger partial charge >= 0.3 is 5.97 Å². The maximum Gasteiger partial charge on any atom is 0.339 e. The molecule has 3 heterocycles. The molecule has 1 atom stereocenters. The number of pyridine rings is 1. The lowest BCUT2D eigenvalue weighted by Crippen LogP contribution is -2.46. The Kier molecular flexibility index (Phi) is 5.03. The van der Waals surface area contributed by atoms with Crippen molar-refractivity contribution < 1.29 is 23.8 Å². The Labute approximate surface area is 183 Å². The summed E-state index contributed by atoms with van der Waals surface area (Å²) in [5.74, 6) is -2.04. The van der Waals surface area contributed by atoms with E-state index in [-0.39, 0.29) is 27.7 Å². The number of carbonyl (C=O) groups is 1. The fourth-order valence-electron chi connectivity index (χ4n) is 4.64. The predicted molar refractivity (Wildman–Crippen MR) is 117 cm³/mol. The molecule has 1 unspecified atom stereocenters. The molecule has 4 aromatic rings. The molecule has 0 radical (unpaired) electrons. The van der Waals surface area contributed by atoms with Crippen LogP contribution in [0.5, 0.6) is 5.75 Å². The van der Waals surface area contributed by atoms with E-state index in [4.69, 9.17) is 4.42 Å². The van der Waals surface area contributed by atoms with E-state index < -0.39 is 17.8 Å². The normalized spacial score (nSPS) is 16.6. The number of hydrogen-bond acceptors (Lipinski definition) is 6. The van der Waals surface area contributed by atoms with Gasteiger partial charge in [0.25, 0.3) is 0 Å². The molecule has 2 N–H and O–H groups in total. The molecule has 0 saturated carbocycles. The van der Waals surface area contributed by atoms with Crippen molar-refractivity contribution in [3.05, 3.63) is 71.5 Å². The highest BCUT2D eigenvalue weighted by atomic mass is 19.1. The standard InChI is InChI=1S/C24H22FN3O4/c1-27-9-11-28(12-10-27)21(14-5-7-26-8-6-14)20-19-16(24(30)31)13-32-23(19)15-3-2-4-17(25)18(15)22(20)29/h2-8,13,21,29H,9-12H2,1H3,(H,30,31). The number of rotatable bonds is 4. The van der Waals surface area contributed by atoms with E-state index >= 15 is 0 Å². The fraction of sp³-hybridized carbons (Fsp3) is 0.250. The van der Waals surface area contributed by atoms with Gasteiger partial charge in [-0.1, -0.05) is 12.1 Å². The number of phenols is 1. The second-order valence-electron chi connectivity index (χ2n) is 8.11. The first kappa shape index (κ1) is 20.4. The summed E-state index contributed by atoms with van der Waals surface area (Å²) < 4.78 is 20.6. The van der Waals surface area contributed by atoms with Crippen LogP contribution in [0.2, 0.25) is 0 Å². The number of furan rings is 1. The van der Waals surface area contributed by atoms with E-state index in [0.717, 1.165) is 24.9 Å². The summed E-state index contributed by atoms with van der Waals surface area (Å²) in [5.41, 5.74) is 1.34. The van der Waals surface area contributed by atoms with Crippen LogP contribution < -0.4 is 0 Å². The third-order valence-corrected chi connectivity index (χ3v) is 6.24. The van der Waals surface area contributed by atoms with Crippen molar-refractivity contribution in [2.45, 2.75) is 6.04 Å². The summed E-state index contributed by atoms with van der Waals surface area (Å²) in [7, 11) is 2.04. The van der Waals surface area contributed by atoms with Gasteiger partial charge in [-0.3, -0.25) is 9.88 Å². The lowest BCUT2D eigenvalue weighted by atomic mass is 9.89. The summed E-state index contributed by atoms with van der Waals surface area (Å²) >= 11 is 0. The Morgan fingerprint density at radius 2 is 1.84 bits per heavy atom. The highest BCUT2D eigenvalue weighted by Gasteiger charge is 2.33. The van der Waals surface area contributed by atoms with Gasteiger partial charge in [-0.15, -0.1) is 0 Å². The number of piperazine rings is 1. The number of hydrogen-bond donors (Lipinski definition) is 2. The molecule has 1 aliphatic rings. The highest BCUT2D eigenvalue weighted by Crippen LogP contribution is 2.47. The van der Waals surface area contributed by atoms with Gasteiger partial charge in [0.05, 0.1) is 11.4 Å². The zero-order valence-corrected chi connectivity index (χ0v) is 17.5. The number of nitrogens with zero attached hydrogens (tertiary/aromatic N) is 3. The number of aromatic carboxylic acids is 1. The minimum Gasteiger partial charge on any atom is -0.507 e. The summed E-state index contributed by atoms with van der Waals surface area (Å²) in [6.07, 6.45) is 4.47. The smallest absolute Gasteiger partial charge is 0.339 e. The highest BCUT2D eigenvalue weighted by molar-refractivity contribution is 6.15. The van der Waals surface area contributed by atoms with Gasteiger partial charge in [-0.05, 0) is 30.8 Å². The van der Waals surface area contributed by atoms with Gasteiger partial charge in [0.1, 0.15) is 29.0 Å². The molecule has 5 rings (SSSR count). The average Bonchev–Trinajstić information content (AvgIpc) is 3.23. The monoisotopic (exact) mass is 435 g/mol. The number of carboxylic acid groups (broad SMARTS) is 1. The SMILES string of the molecule is CN1CCN(C(c2ccncc2)c2c(O)c3c(F)cccc3c3occ(C(=O)O)c23)CC1. The molecule has 164 valence electrons. The zero-order valence-electron chi connectivity index (χ0n) is 17.5. The van der Waals surface area contributed by atoms with Crippen molar-refractivity contribution in [3.8, 4) is 5.75 Å². The van der Waals surface area contributed by atoms with Crippen LogP contribution in [0.15, 0.2) is 53.4 Å². The van der Waals surface area contributed by atoms with Crippen molar-refractivity contribution in [3.63, 3.8) is 0 Å². The second kappa shape index (κ2) is 7.89. The lowest BCUT2D eigenvalue weighted by Gasteiger charge is -2.39. The molecular weight excluding hydrogens is 413 g/mol. The van der Waals surface area contributed by atoms with E-state index in [2.05, 4.69) is 14.8 Å². The van der Waals surface area contributed by atoms with Crippen LogP contribution in [0.4, 0.5) is 4.39 Å². The molecule has 1 fully saturated rings. The van der Waals surface area contributed by atoms with Gasteiger partial charge in [0, 0.05) is 54.9 Å². The molecule has 2 aromatic carbocycles. The van der Waals surface area contributed by atoms with Crippen LogP contribution in [0.25, 0.3) is 21.7 Å². The van der Waals surface area contributed by atoms with Crippen molar-refractivity contribution in [1.82, 2.24) is 14.8 Å². The van der Waals surface area contributed by atoms with Gasteiger partial charge < -0.3 is 19.5 Å². The van der Waals surface area contributed by atoms with Crippen LogP contribution in [-0.2, 0) is 0 Å². The van der Waals surface area contributed by atoms with E-state index in [1.807, 2.05) is 19.2 Å². The molecular formula is C24H22FN3O4. The first-order valence-corrected chi connectivity index (χ1v) is 10.4. The summed E-state index contributed by atoms with van der Waals surface area (Å²) in [6, 6.07) is 7.57. The van der Waals surface area contributed by atoms with E-state index in [1.54, 1.807) is 18.5 Å². The first-order chi connectivity index (χ1) is 15.5. The topological polar surface area (TPSA) is 90.0 Å². The van der Waals surface area contributed by atoms with E-state index in [1.165, 1.54) is 12.1 Å². The predicted octanol–water partition coefficient (Wildman–Crippen LogP) is 3.86. The number of benzene rings is 2. The van der Waals surface area contributed by atoms with Gasteiger partial charge in [-0.2, -0.15) is 0 Å². The van der Waals surface area contributed by atoms with Crippen LogP contribution in [0.3, 0.4) is 0 Å². The Bertz CT molecular complexity index is 1310. The van der Waals surface area contributed by atoms with Crippen LogP contribution in [0.1, 0.15) is 27.5 Å². The number of fused-ring (bicyclic) bond motifs is 3. The maximum absolute atomic E-state index is 14.9. The van der Waals surface area contributed by atoms with Gasteiger partial charge in [-0.25, -0.2) is 9.18 Å². The number of halogens is 1. The van der Waals surface area contributed by atoms with Gasteiger partial charge in [0.15, 0.2) is 0 Å². The molecule has 32 heavy (non-hydrogen) atoms. The Hall–Kier alpha value is -3.49. The molecule has 0 amide bonds. The van der Waals surface area contributed by atoms with Crippen molar-refractivity contribution in [2.24, 2.45) is 0 Å². The summed E-state index contributed by atoms with van der Waals surface area (Å²) in [6.45, 7) is 3.01. The molecule has 7 nitrogen and oxygen atoms in total. The molecule has 0 bridgehead atoms. The summed E-state index contributed by atoms with van der Waals surface area (Å²) in [4.78, 5) is 20.6. The first-order valence-electron chi connectivity index (χ1n) is 10.4. The third-order valence-electron chi connectivity index (χ3n) is 6.24. The van der Waals surface area contributed by atoms with Crippen molar-refractivity contribution in [2.75, 3.05) is 33.2 Å². The lowest BCUT2D eigenvalue weighted by molar-refractivity contribution is 0.0697. The van der Waals surface area contributed by atoms with Gasteiger partial charge in [0.2, 0.25) is 0 Å². The second-order valence-corrected chi connectivity index (χ2v) is 8.11. The van der Waals surface area contributed by atoms with E-state index in [9.17, 15) is 19.4 Å². The van der Waals surface area contributed by atoms with E-state index in [0.29, 0.717) is 24.0 Å². The quantitative estimate of drug-likeness (QED) is 0.503. The Morgan fingerprint density at radius 1 is 1.12 bits per heavy atom. The number of aromatic hydroxyl groups is 1. The molecule has 0 spiro atoms. The Morgan fingerprint density at radius 3 is 2.53 bits per heavy atom. The maximum atomic E-state index is 14.9. The average molecular weight is 435 g/mol. The van der Waals surface area contributed by atoms with Crippen molar-refractivity contribution in [1.29, 1.82) is 0 Å². The zero-order chi connectivity index (χ0) is 22.4. The molecule has 2 aromatic heterocycles. The van der Waals surface area contributed by atoms with Crippen molar-refractivity contribution >= 4 is 27.7 Å². The largest absolute Gasteiger partial charge is 0.507 e. The molecule has 8 heteroatoms. The number of likely N-dealkylation sites (N-methyl/N-ethyl adjacent to an activating group) is 1. The minimum atomic E-state index is -1.17. The van der Waals surface area contributed by atoms with Crippen LogP contribution in [0, 0.1) is 5.82 Å². The fourth-order valence-corrected chi connectivity index (χ4v) is 4.64. The minimum absolute atomic E-state index is 0.0227. The number of carboxylic acids is 1.